The van der Waals surface area contributed by atoms with Crippen molar-refractivity contribution in [2.24, 2.45) is 0 Å². The first-order chi connectivity index (χ1) is 14.4. The number of rotatable bonds is 9. The number of methoxy groups -OCH3 is 5. The Labute approximate surface area is 174 Å². The first-order valence-electron chi connectivity index (χ1n) is 8.91. The molecule has 0 aliphatic carbocycles. The molecule has 0 bridgehead atoms. The van der Waals surface area contributed by atoms with Crippen LogP contribution < -0.4 is 29.0 Å². The van der Waals surface area contributed by atoms with Gasteiger partial charge >= 0.3 is 5.97 Å². The van der Waals surface area contributed by atoms with Crippen molar-refractivity contribution in [2.75, 3.05) is 40.9 Å². The summed E-state index contributed by atoms with van der Waals surface area (Å²) in [6.07, 6.45) is -1.08. The highest BCUT2D eigenvalue weighted by Crippen LogP contribution is 2.38. The van der Waals surface area contributed by atoms with E-state index in [0.717, 1.165) is 0 Å². The van der Waals surface area contributed by atoms with Gasteiger partial charge in [0.05, 0.1) is 41.1 Å². The minimum absolute atomic E-state index is 0.146. The molecular formula is C21H25NO8. The van der Waals surface area contributed by atoms with Crippen LogP contribution in [0.1, 0.15) is 17.3 Å². The number of ether oxygens (including phenoxy) is 6. The van der Waals surface area contributed by atoms with E-state index in [1.54, 1.807) is 18.2 Å². The van der Waals surface area contributed by atoms with Gasteiger partial charge in [-0.2, -0.15) is 0 Å². The van der Waals surface area contributed by atoms with E-state index in [1.165, 1.54) is 54.6 Å². The van der Waals surface area contributed by atoms with Crippen LogP contribution in [-0.4, -0.2) is 53.5 Å². The maximum atomic E-state index is 12.6. The van der Waals surface area contributed by atoms with Gasteiger partial charge in [-0.3, -0.25) is 4.79 Å². The quantitative estimate of drug-likeness (QED) is 0.619. The van der Waals surface area contributed by atoms with E-state index < -0.39 is 18.0 Å². The molecule has 2 aromatic rings. The van der Waals surface area contributed by atoms with Gasteiger partial charge in [-0.15, -0.1) is 0 Å². The van der Waals surface area contributed by atoms with Gasteiger partial charge in [-0.1, -0.05) is 0 Å². The molecule has 30 heavy (non-hydrogen) atoms. The standard InChI is InChI=1S/C21H25NO8/c1-12(20(23)22-14-9-15(25-2)11-16(10-14)26-3)30-21(24)13-7-17(27-4)19(29-6)18(8-13)28-5/h7-12H,1-6H3,(H,22,23). The third kappa shape index (κ3) is 5.25. The van der Waals surface area contributed by atoms with E-state index in [1.807, 2.05) is 0 Å². The third-order valence-electron chi connectivity index (χ3n) is 4.17. The van der Waals surface area contributed by atoms with E-state index in [0.29, 0.717) is 34.4 Å². The highest BCUT2D eigenvalue weighted by molar-refractivity contribution is 5.98. The average molecular weight is 419 g/mol. The summed E-state index contributed by atoms with van der Waals surface area (Å²) in [7, 11) is 7.33. The molecule has 0 saturated heterocycles. The van der Waals surface area contributed by atoms with Gasteiger partial charge in [0.1, 0.15) is 11.5 Å². The monoisotopic (exact) mass is 419 g/mol. The number of amides is 1. The molecule has 162 valence electrons. The molecule has 0 aliphatic rings. The van der Waals surface area contributed by atoms with Crippen LogP contribution in [0.25, 0.3) is 0 Å². The van der Waals surface area contributed by atoms with Gasteiger partial charge in [-0.05, 0) is 19.1 Å². The number of hydrogen-bond acceptors (Lipinski definition) is 8. The van der Waals surface area contributed by atoms with Crippen molar-refractivity contribution in [3.05, 3.63) is 35.9 Å². The van der Waals surface area contributed by atoms with E-state index in [-0.39, 0.29) is 5.56 Å². The minimum Gasteiger partial charge on any atom is -0.497 e. The predicted octanol–water partition coefficient (Wildman–Crippen LogP) is 2.91. The normalized spacial score (nSPS) is 11.1. The number of anilines is 1. The van der Waals surface area contributed by atoms with Crippen molar-refractivity contribution >= 4 is 17.6 Å². The van der Waals surface area contributed by atoms with Crippen molar-refractivity contribution in [2.45, 2.75) is 13.0 Å². The number of hydrogen-bond donors (Lipinski definition) is 1. The van der Waals surface area contributed by atoms with Crippen molar-refractivity contribution in [3.63, 3.8) is 0 Å². The molecule has 1 N–H and O–H groups in total. The molecule has 2 rings (SSSR count). The smallest absolute Gasteiger partial charge is 0.339 e. The maximum Gasteiger partial charge on any atom is 0.339 e. The number of carbonyl (C=O) groups is 2. The summed E-state index contributed by atoms with van der Waals surface area (Å²) in [5, 5.41) is 2.67. The number of benzene rings is 2. The van der Waals surface area contributed by atoms with E-state index >= 15 is 0 Å². The lowest BCUT2D eigenvalue weighted by Gasteiger charge is -2.16. The summed E-state index contributed by atoms with van der Waals surface area (Å²) in [6.45, 7) is 1.46. The minimum atomic E-state index is -1.08. The number of nitrogens with one attached hydrogen (secondary N) is 1. The molecule has 0 fully saturated rings. The van der Waals surface area contributed by atoms with E-state index in [4.69, 9.17) is 28.4 Å². The molecule has 0 aliphatic heterocycles. The van der Waals surface area contributed by atoms with Crippen LogP contribution in [0.3, 0.4) is 0 Å². The SMILES string of the molecule is COc1cc(NC(=O)C(C)OC(=O)c2cc(OC)c(OC)c(OC)c2)cc(OC)c1. The van der Waals surface area contributed by atoms with Crippen LogP contribution >= 0.6 is 0 Å². The number of carbonyl (C=O) groups excluding carboxylic acids is 2. The first kappa shape index (κ1) is 22.7. The van der Waals surface area contributed by atoms with Crippen LogP contribution in [0.2, 0.25) is 0 Å². The Morgan fingerprint density at radius 1 is 0.767 bits per heavy atom. The second-order valence-electron chi connectivity index (χ2n) is 6.05. The summed E-state index contributed by atoms with van der Waals surface area (Å²) in [6, 6.07) is 7.80. The molecule has 9 heteroatoms. The fraction of sp³-hybridized carbons (Fsp3) is 0.333. The van der Waals surface area contributed by atoms with Crippen LogP contribution in [0.5, 0.6) is 28.7 Å². The lowest BCUT2D eigenvalue weighted by atomic mass is 10.2. The fourth-order valence-corrected chi connectivity index (χ4v) is 2.60. The summed E-state index contributed by atoms with van der Waals surface area (Å²) in [4.78, 5) is 25.0. The maximum absolute atomic E-state index is 12.6. The van der Waals surface area contributed by atoms with Gasteiger partial charge in [0.15, 0.2) is 17.6 Å². The number of esters is 1. The summed E-state index contributed by atoms with van der Waals surface area (Å²) < 4.78 is 31.3. The molecule has 0 saturated carbocycles. The Bertz CT molecular complexity index is 865. The van der Waals surface area contributed by atoms with Crippen LogP contribution in [0, 0.1) is 0 Å². The van der Waals surface area contributed by atoms with Gasteiger partial charge in [-0.25, -0.2) is 4.79 Å². The second kappa shape index (κ2) is 10.2. The van der Waals surface area contributed by atoms with Crippen LogP contribution in [-0.2, 0) is 9.53 Å². The average Bonchev–Trinajstić information content (AvgIpc) is 2.77. The van der Waals surface area contributed by atoms with E-state index in [9.17, 15) is 9.59 Å². The zero-order valence-corrected chi connectivity index (χ0v) is 17.7. The Balaban J connectivity index is 2.15. The van der Waals surface area contributed by atoms with Crippen molar-refractivity contribution < 1.29 is 38.0 Å². The second-order valence-corrected chi connectivity index (χ2v) is 6.05. The largest absolute Gasteiger partial charge is 0.497 e. The molecule has 0 heterocycles. The van der Waals surface area contributed by atoms with E-state index in [2.05, 4.69) is 5.32 Å². The van der Waals surface area contributed by atoms with Crippen molar-refractivity contribution in [1.82, 2.24) is 0 Å². The molecule has 2 aromatic carbocycles. The third-order valence-corrected chi connectivity index (χ3v) is 4.17. The molecule has 9 nitrogen and oxygen atoms in total. The molecule has 1 amide bonds. The molecule has 1 unspecified atom stereocenters. The molecule has 0 spiro atoms. The first-order valence-corrected chi connectivity index (χ1v) is 8.91. The lowest BCUT2D eigenvalue weighted by Crippen LogP contribution is -2.30. The highest BCUT2D eigenvalue weighted by atomic mass is 16.6. The van der Waals surface area contributed by atoms with Gasteiger partial charge in [0, 0.05) is 23.9 Å². The van der Waals surface area contributed by atoms with Crippen LogP contribution in [0.4, 0.5) is 5.69 Å². The molecule has 0 aromatic heterocycles. The van der Waals surface area contributed by atoms with Crippen LogP contribution in [0.15, 0.2) is 30.3 Å². The van der Waals surface area contributed by atoms with Gasteiger partial charge in [0.2, 0.25) is 5.75 Å². The van der Waals surface area contributed by atoms with Gasteiger partial charge in [0.25, 0.3) is 5.91 Å². The highest BCUT2D eigenvalue weighted by Gasteiger charge is 2.22. The zero-order chi connectivity index (χ0) is 22.3. The lowest BCUT2D eigenvalue weighted by molar-refractivity contribution is -0.123. The Hall–Kier alpha value is -3.62. The summed E-state index contributed by atoms with van der Waals surface area (Å²) >= 11 is 0. The topological polar surface area (TPSA) is 102 Å². The zero-order valence-electron chi connectivity index (χ0n) is 17.7. The summed E-state index contributed by atoms with van der Waals surface area (Å²) in [5.74, 6) is 0.702. The predicted molar refractivity (Wildman–Crippen MR) is 109 cm³/mol. The van der Waals surface area contributed by atoms with Gasteiger partial charge < -0.3 is 33.7 Å². The Morgan fingerprint density at radius 2 is 1.30 bits per heavy atom. The fourth-order valence-electron chi connectivity index (χ4n) is 2.60. The Kier molecular flexibility index (Phi) is 7.74. The summed E-state index contributed by atoms with van der Waals surface area (Å²) in [5.41, 5.74) is 0.582. The molecular weight excluding hydrogens is 394 g/mol. The van der Waals surface area contributed by atoms with Crippen molar-refractivity contribution in [1.29, 1.82) is 0 Å². The molecule has 1 atom stereocenters. The molecule has 0 radical (unpaired) electrons. The van der Waals surface area contributed by atoms with Crippen molar-refractivity contribution in [3.8, 4) is 28.7 Å². The Morgan fingerprint density at radius 3 is 1.73 bits per heavy atom.